The van der Waals surface area contributed by atoms with Crippen molar-refractivity contribution in [2.24, 2.45) is 0 Å². The van der Waals surface area contributed by atoms with Crippen LogP contribution >= 0.6 is 11.8 Å². The van der Waals surface area contributed by atoms with Crippen molar-refractivity contribution in [3.05, 3.63) is 29.8 Å². The number of rotatable bonds is 8. The third kappa shape index (κ3) is 6.34. The van der Waals surface area contributed by atoms with E-state index in [1.807, 2.05) is 11.8 Å². The lowest BCUT2D eigenvalue weighted by Crippen LogP contribution is -2.15. The van der Waals surface area contributed by atoms with Crippen LogP contribution in [0.4, 0.5) is 0 Å². The Labute approximate surface area is 107 Å². The molecule has 0 atom stereocenters. The summed E-state index contributed by atoms with van der Waals surface area (Å²) in [4.78, 5) is 11.6. The Morgan fingerprint density at radius 2 is 2.06 bits per heavy atom. The molecule has 0 spiro atoms. The molecule has 0 unspecified atom stereocenters. The molecule has 0 fully saturated rings. The average molecular weight is 253 g/mol. The number of hydrogen-bond donors (Lipinski definition) is 2. The number of nitrogens with one attached hydrogen (secondary N) is 1. The predicted octanol–water partition coefficient (Wildman–Crippen LogP) is 2.75. The molecule has 0 radical (unpaired) electrons. The molecule has 0 aliphatic carbocycles. The first-order chi connectivity index (χ1) is 8.22. The van der Waals surface area contributed by atoms with Crippen LogP contribution in [0.2, 0.25) is 0 Å². The van der Waals surface area contributed by atoms with E-state index in [1.165, 1.54) is 10.5 Å². The zero-order valence-electron chi connectivity index (χ0n) is 10.1. The van der Waals surface area contributed by atoms with Crippen molar-refractivity contribution in [3.8, 4) is 0 Å². The zero-order chi connectivity index (χ0) is 12.5. The number of hydrogen-bond acceptors (Lipinski definition) is 3. The lowest BCUT2D eigenvalue weighted by atomic mass is 10.2. The highest BCUT2D eigenvalue weighted by atomic mass is 32.2. The van der Waals surface area contributed by atoms with Gasteiger partial charge in [-0.25, -0.2) is 0 Å². The van der Waals surface area contributed by atoms with Crippen LogP contribution in [0.25, 0.3) is 0 Å². The first kappa shape index (κ1) is 14.1. The Bertz CT molecular complexity index is 338. The van der Waals surface area contributed by atoms with Gasteiger partial charge in [0.15, 0.2) is 0 Å². The van der Waals surface area contributed by atoms with Crippen molar-refractivity contribution in [2.45, 2.75) is 31.2 Å². The van der Waals surface area contributed by atoms with E-state index in [0.717, 1.165) is 18.8 Å². The Balaban J connectivity index is 2.20. The van der Waals surface area contributed by atoms with E-state index in [2.05, 4.69) is 36.5 Å². The van der Waals surface area contributed by atoms with E-state index in [9.17, 15) is 4.79 Å². The maximum atomic E-state index is 10.3. The van der Waals surface area contributed by atoms with Crippen molar-refractivity contribution < 1.29 is 9.90 Å². The summed E-state index contributed by atoms with van der Waals surface area (Å²) in [6.07, 6.45) is 0.915. The number of carboxylic acid groups (broad SMARTS) is 1. The number of aliphatic carboxylic acids is 1. The third-order valence-electron chi connectivity index (χ3n) is 2.31. The van der Waals surface area contributed by atoms with Crippen LogP contribution in [0.1, 0.15) is 25.3 Å². The summed E-state index contributed by atoms with van der Waals surface area (Å²) >= 11 is 1.83. The monoisotopic (exact) mass is 253 g/mol. The minimum atomic E-state index is -0.729. The second kappa shape index (κ2) is 8.14. The van der Waals surface area contributed by atoms with Gasteiger partial charge in [0.25, 0.3) is 0 Å². The predicted molar refractivity (Wildman–Crippen MR) is 71.4 cm³/mol. The van der Waals surface area contributed by atoms with Gasteiger partial charge in [0, 0.05) is 17.9 Å². The molecule has 1 aromatic rings. The van der Waals surface area contributed by atoms with Gasteiger partial charge in [-0.15, -0.1) is 11.8 Å². The molecule has 2 N–H and O–H groups in total. The lowest BCUT2D eigenvalue weighted by Gasteiger charge is -2.05. The Hall–Kier alpha value is -1.00. The van der Waals surface area contributed by atoms with Crippen LogP contribution in [-0.4, -0.2) is 23.4 Å². The van der Waals surface area contributed by atoms with Gasteiger partial charge in [-0.3, -0.25) is 4.79 Å². The molecule has 0 aliphatic heterocycles. The van der Waals surface area contributed by atoms with E-state index in [0.29, 0.717) is 6.42 Å². The van der Waals surface area contributed by atoms with Crippen LogP contribution in [-0.2, 0) is 11.3 Å². The highest BCUT2D eigenvalue weighted by Crippen LogP contribution is 2.17. The minimum Gasteiger partial charge on any atom is -0.481 e. The van der Waals surface area contributed by atoms with Gasteiger partial charge in [0.1, 0.15) is 0 Å². The van der Waals surface area contributed by atoms with Gasteiger partial charge in [-0.2, -0.15) is 0 Å². The van der Waals surface area contributed by atoms with Crippen LogP contribution < -0.4 is 5.32 Å². The molecule has 0 aromatic heterocycles. The lowest BCUT2D eigenvalue weighted by molar-refractivity contribution is -0.137. The van der Waals surface area contributed by atoms with Gasteiger partial charge in [-0.1, -0.05) is 19.1 Å². The molecule has 0 heterocycles. The smallest absolute Gasteiger partial charge is 0.303 e. The van der Waals surface area contributed by atoms with Gasteiger partial charge in [0.05, 0.1) is 0 Å². The van der Waals surface area contributed by atoms with Gasteiger partial charge >= 0.3 is 5.97 Å². The molecule has 0 saturated carbocycles. The van der Waals surface area contributed by atoms with Crippen LogP contribution in [0.3, 0.4) is 0 Å². The normalized spacial score (nSPS) is 10.4. The summed E-state index contributed by atoms with van der Waals surface area (Å²) in [5, 5.41) is 11.7. The van der Waals surface area contributed by atoms with Crippen molar-refractivity contribution in [1.29, 1.82) is 0 Å². The maximum Gasteiger partial charge on any atom is 0.303 e. The molecule has 1 rings (SSSR count). The molecule has 0 amide bonds. The molecule has 0 bridgehead atoms. The van der Waals surface area contributed by atoms with Gasteiger partial charge < -0.3 is 10.4 Å². The fourth-order valence-electron chi connectivity index (χ4n) is 1.47. The van der Waals surface area contributed by atoms with Crippen LogP contribution in [0.5, 0.6) is 0 Å². The standard InChI is InChI=1S/C13H19NO2S/c1-2-17-12-7-5-11(6-8-12)10-14-9-3-4-13(15)16/h5-8,14H,2-4,9-10H2,1H3,(H,15,16). The quantitative estimate of drug-likeness (QED) is 0.552. The average Bonchev–Trinajstić information content (AvgIpc) is 2.31. The molecular formula is C13H19NO2S. The number of carbonyl (C=O) groups is 1. The van der Waals surface area contributed by atoms with E-state index in [-0.39, 0.29) is 6.42 Å². The van der Waals surface area contributed by atoms with E-state index in [1.54, 1.807) is 0 Å². The van der Waals surface area contributed by atoms with Crippen molar-refractivity contribution >= 4 is 17.7 Å². The summed E-state index contributed by atoms with van der Waals surface area (Å²) in [5.41, 5.74) is 1.24. The molecule has 17 heavy (non-hydrogen) atoms. The molecule has 0 aliphatic rings. The molecule has 0 saturated heterocycles. The van der Waals surface area contributed by atoms with E-state index >= 15 is 0 Å². The topological polar surface area (TPSA) is 49.3 Å². The maximum absolute atomic E-state index is 10.3. The van der Waals surface area contributed by atoms with Crippen molar-refractivity contribution in [1.82, 2.24) is 5.32 Å². The number of benzene rings is 1. The fourth-order valence-corrected chi connectivity index (χ4v) is 2.13. The summed E-state index contributed by atoms with van der Waals surface area (Å²) in [6.45, 7) is 3.69. The third-order valence-corrected chi connectivity index (χ3v) is 3.20. The van der Waals surface area contributed by atoms with Crippen LogP contribution in [0, 0.1) is 0 Å². The van der Waals surface area contributed by atoms with Crippen molar-refractivity contribution in [3.63, 3.8) is 0 Å². The first-order valence-corrected chi connectivity index (χ1v) is 6.85. The zero-order valence-corrected chi connectivity index (χ0v) is 10.9. The first-order valence-electron chi connectivity index (χ1n) is 5.86. The molecule has 4 heteroatoms. The highest BCUT2D eigenvalue weighted by Gasteiger charge is 1.97. The minimum absolute atomic E-state index is 0.235. The largest absolute Gasteiger partial charge is 0.481 e. The van der Waals surface area contributed by atoms with Crippen molar-refractivity contribution in [2.75, 3.05) is 12.3 Å². The van der Waals surface area contributed by atoms with E-state index < -0.39 is 5.97 Å². The van der Waals surface area contributed by atoms with Gasteiger partial charge in [-0.05, 0) is 36.4 Å². The molecule has 3 nitrogen and oxygen atoms in total. The molecule has 1 aromatic carbocycles. The second-order valence-electron chi connectivity index (χ2n) is 3.75. The number of thioether (sulfide) groups is 1. The summed E-state index contributed by atoms with van der Waals surface area (Å²) in [6, 6.07) is 8.48. The van der Waals surface area contributed by atoms with Crippen LogP contribution in [0.15, 0.2) is 29.2 Å². The summed E-state index contributed by atoms with van der Waals surface area (Å²) in [5.74, 6) is 0.361. The van der Waals surface area contributed by atoms with E-state index in [4.69, 9.17) is 5.11 Å². The summed E-state index contributed by atoms with van der Waals surface area (Å²) in [7, 11) is 0. The highest BCUT2D eigenvalue weighted by molar-refractivity contribution is 7.99. The number of carboxylic acids is 1. The fraction of sp³-hybridized carbons (Fsp3) is 0.462. The Morgan fingerprint density at radius 3 is 2.65 bits per heavy atom. The second-order valence-corrected chi connectivity index (χ2v) is 5.09. The SMILES string of the molecule is CCSc1ccc(CNCCCC(=O)O)cc1. The molecule has 94 valence electrons. The Morgan fingerprint density at radius 1 is 1.35 bits per heavy atom. The summed E-state index contributed by atoms with van der Waals surface area (Å²) < 4.78 is 0. The molecular weight excluding hydrogens is 234 g/mol. The Kier molecular flexibility index (Phi) is 6.74. The van der Waals surface area contributed by atoms with Gasteiger partial charge in [0.2, 0.25) is 0 Å².